The first kappa shape index (κ1) is 99.2. The largest absolute Gasteiger partial charge is 0.481 e. The number of hydrogen-bond donors (Lipinski definition) is 0. The maximum absolute atomic E-state index is 12.9. The van der Waals surface area contributed by atoms with E-state index in [1.54, 1.807) is 9.79 Å². The molecule has 5 aliphatic heterocycles. The van der Waals surface area contributed by atoms with E-state index >= 15 is 0 Å². The Balaban J connectivity index is 0.000000102. The molecule has 19 aliphatic rings. The molecule has 10 aromatic rings. The van der Waals surface area contributed by atoms with Gasteiger partial charge in [0.1, 0.15) is 103 Å². The smallest absolute Gasteiger partial charge is 0.344 e. The van der Waals surface area contributed by atoms with Crippen molar-refractivity contribution in [2.75, 3.05) is 90.9 Å². The van der Waals surface area contributed by atoms with Crippen LogP contribution in [0.4, 0.5) is 0 Å². The van der Waals surface area contributed by atoms with Crippen LogP contribution in [0.5, 0.6) is 28.7 Å². The summed E-state index contributed by atoms with van der Waals surface area (Å²) in [5.74, 6) is 26.9. The quantitative estimate of drug-likeness (QED) is 0.0220. The average Bonchev–Trinajstić information content (AvgIpc) is 0.743. The number of carbonyl (C=O) groups excluding carboxylic acids is 3. The first-order valence-corrected chi connectivity index (χ1v) is 63.5. The van der Waals surface area contributed by atoms with Crippen LogP contribution in [0.15, 0.2) is 206 Å². The Bertz CT molecular complexity index is 5930. The lowest BCUT2D eigenvalue weighted by Crippen LogP contribution is -2.58. The summed E-state index contributed by atoms with van der Waals surface area (Å²) in [6.07, 6.45) is 47.0. The highest BCUT2D eigenvalue weighted by Gasteiger charge is 2.58. The van der Waals surface area contributed by atoms with Crippen molar-refractivity contribution < 1.29 is 61.8 Å². The van der Waals surface area contributed by atoms with E-state index in [9.17, 15) is 14.4 Å². The van der Waals surface area contributed by atoms with E-state index in [-0.39, 0.29) is 54.5 Å². The molecular formula is C124H155O13S5+5. The minimum Gasteiger partial charge on any atom is -0.481 e. The summed E-state index contributed by atoms with van der Waals surface area (Å²) >= 11 is 0. The molecule has 12 bridgehead atoms. The second kappa shape index (κ2) is 45.3. The lowest BCUT2D eigenvalue weighted by atomic mass is 9.50. The molecule has 0 atom stereocenters. The third kappa shape index (κ3) is 22.3. The second-order valence-electron chi connectivity index (χ2n) is 45.6. The van der Waals surface area contributed by atoms with Gasteiger partial charge in [-0.25, -0.2) is 14.4 Å². The number of esters is 3. The van der Waals surface area contributed by atoms with Gasteiger partial charge in [0.2, 0.25) is 0 Å². The van der Waals surface area contributed by atoms with Crippen LogP contribution in [-0.4, -0.2) is 138 Å². The standard InChI is InChI=1S/C27H33O3S.C26H33O2S.C25H31O2S.2C23H29O3S/c1-27(20-13-18-12-19(15-20)16-21(27)14-18)30-26(28)17-29-24-8-9-25(31-10-4-5-11-31)23-7-3-2-6-22(23)24;1-4-10-29(11-5-1)25-9-8-24(22-6-2-3-7-23(22)25)27-17-28-26-20-13-18-12-19(15-20)16-21(26)14-18;1-2-6-22-21(5-1)23(7-8-24(22)28-9-3-4-10-28)26-16-27-25-19-12-17-11-18(14-19)15-20(25)13-17;1-23(13-5-2-6-14-23)26-22(24)17-25-20-11-12-21(27-15-7-8-16-27)19-10-4-3-9-18(19)20;1-2-23(13-5-6-14-23)26-22(24)17-25-20-11-12-21(27-15-7-8-16-27)19-10-4-3-9-18(19)20/h2-3,6-9,18-21H,4-5,10-17H2,1H3;2-3,6-9,18-21,26H,1,4-5,10-17H2;1-2,5-8,17-20,25H,3-4,9-16H2;2*3-4,9-12H,2,5-8,13-17H2,1H3/q5*+1. The van der Waals surface area contributed by atoms with Crippen LogP contribution in [-0.2, 0) is 92.5 Å². The molecule has 0 aromatic heterocycles. The molecule has 5 saturated heterocycles. The van der Waals surface area contributed by atoms with E-state index in [0.717, 1.165) is 162 Å². The third-order valence-electron chi connectivity index (χ3n) is 36.3. The Morgan fingerprint density at radius 3 is 0.810 bits per heavy atom. The molecule has 14 saturated carbocycles. The van der Waals surface area contributed by atoms with Crippen molar-refractivity contribution in [3.8, 4) is 28.7 Å². The number of fused-ring (bicyclic) bond motifs is 5. The van der Waals surface area contributed by atoms with E-state index in [1.165, 1.54) is 283 Å². The molecule has 0 unspecified atom stereocenters. The Labute approximate surface area is 859 Å². The van der Waals surface area contributed by atoms with Gasteiger partial charge in [0, 0.05) is 108 Å². The Hall–Kier alpha value is -7.42. The van der Waals surface area contributed by atoms with Crippen molar-refractivity contribution in [3.63, 3.8) is 0 Å². The van der Waals surface area contributed by atoms with Crippen LogP contribution >= 0.6 is 0 Å². The van der Waals surface area contributed by atoms with Gasteiger partial charge in [0.05, 0.1) is 12.2 Å². The Kier molecular flexibility index (Phi) is 31.7. The zero-order chi connectivity index (χ0) is 96.1. The fourth-order valence-electron chi connectivity index (χ4n) is 29.8. The summed E-state index contributed by atoms with van der Waals surface area (Å²) in [4.78, 5) is 45.1. The molecule has 13 nitrogen and oxygen atoms in total. The van der Waals surface area contributed by atoms with Crippen molar-refractivity contribution in [3.05, 3.63) is 182 Å². The molecule has 29 rings (SSSR count). The van der Waals surface area contributed by atoms with Gasteiger partial charge in [-0.15, -0.1) is 0 Å². The zero-order valence-electron chi connectivity index (χ0n) is 84.8. The topological polar surface area (TPSA) is 144 Å². The maximum atomic E-state index is 12.9. The predicted molar refractivity (Wildman–Crippen MR) is 585 cm³/mol. The first-order valence-electron chi connectivity index (χ1n) is 55.6. The van der Waals surface area contributed by atoms with E-state index in [4.69, 9.17) is 47.4 Å². The minimum absolute atomic E-state index is 0.00303. The number of carbonyl (C=O) groups is 3. The van der Waals surface area contributed by atoms with Gasteiger partial charge in [-0.05, 0) is 401 Å². The molecule has 0 N–H and O–H groups in total. The average molecular weight is 2010 g/mol. The molecule has 10 aromatic carbocycles. The fraction of sp³-hybridized carbons (Fsp3) is 0.573. The normalized spacial score (nSPS) is 28.7. The summed E-state index contributed by atoms with van der Waals surface area (Å²) in [7, 11) is 1.90. The minimum atomic E-state index is -0.311. The SMILES string of the molecule is CC1(OC(=O)COc2ccc([S+]3CCCC3)c3ccccc23)C2CC3CC(C2)CC1C3.CC1(OC(=O)COc2ccc([S+]3CCCC3)c3ccccc23)CCCCC1.CCC1(OC(=O)COc2ccc([S+]3CCCC3)c3ccccc23)CCCC1.c1ccc2c([S+]3CCCC3)ccc(OCOC3C4CC5CC(C4)CC3C5)c2c1.c1ccc2c([S+]3CCCCC3)ccc(OCOC3C4CC5CC(C4)CC3C5)c2c1. The molecular weight excluding hydrogens is 1860 g/mol. The number of benzene rings is 10. The summed E-state index contributed by atoms with van der Waals surface area (Å²) in [5.41, 5.74) is -0.854. The highest BCUT2D eigenvalue weighted by atomic mass is 32.2. The predicted octanol–water partition coefficient (Wildman–Crippen LogP) is 28.2. The van der Waals surface area contributed by atoms with Gasteiger partial charge in [-0.3, -0.25) is 0 Å². The summed E-state index contributed by atoms with van der Waals surface area (Å²) in [6.45, 7) is 7.12. The van der Waals surface area contributed by atoms with Gasteiger partial charge in [0.25, 0.3) is 0 Å². The Morgan fingerprint density at radius 2 is 0.514 bits per heavy atom. The van der Waals surface area contributed by atoms with Crippen LogP contribution < -0.4 is 23.7 Å². The number of rotatable bonds is 26. The van der Waals surface area contributed by atoms with Gasteiger partial charge in [0.15, 0.2) is 57.9 Å². The van der Waals surface area contributed by atoms with Crippen molar-refractivity contribution in [2.24, 2.45) is 71.0 Å². The van der Waals surface area contributed by atoms with Gasteiger partial charge >= 0.3 is 17.9 Å². The van der Waals surface area contributed by atoms with Crippen LogP contribution in [0.25, 0.3) is 53.9 Å². The molecule has 14 aliphatic carbocycles. The van der Waals surface area contributed by atoms with Crippen LogP contribution in [0, 0.1) is 71.0 Å². The monoisotopic (exact) mass is 2010 g/mol. The molecule has 18 heteroatoms. The number of hydrogen-bond acceptors (Lipinski definition) is 13. The lowest BCUT2D eigenvalue weighted by Gasteiger charge is -2.59. The van der Waals surface area contributed by atoms with Gasteiger partial charge in [-0.1, -0.05) is 104 Å². The van der Waals surface area contributed by atoms with Gasteiger partial charge in [-0.2, -0.15) is 0 Å². The summed E-state index contributed by atoms with van der Waals surface area (Å²) in [5, 5.41) is 12.5. The van der Waals surface area contributed by atoms with Crippen LogP contribution in [0.2, 0.25) is 0 Å². The van der Waals surface area contributed by atoms with E-state index < -0.39 is 0 Å². The Morgan fingerprint density at radius 1 is 0.268 bits per heavy atom. The fourth-order valence-corrected chi connectivity index (χ4v) is 42.3. The van der Waals surface area contributed by atoms with E-state index in [0.29, 0.717) is 92.1 Å². The summed E-state index contributed by atoms with van der Waals surface area (Å²) < 4.78 is 60.9. The highest BCUT2D eigenvalue weighted by Crippen LogP contribution is 2.61. The molecule has 0 radical (unpaired) electrons. The van der Waals surface area contributed by atoms with Crippen molar-refractivity contribution >= 4 is 126 Å². The molecule has 5 heterocycles. The lowest BCUT2D eigenvalue weighted by molar-refractivity contribution is -0.204. The number of ether oxygens (including phenoxy) is 10. The maximum Gasteiger partial charge on any atom is 0.344 e. The van der Waals surface area contributed by atoms with E-state index in [1.807, 2.05) is 24.3 Å². The van der Waals surface area contributed by atoms with Crippen molar-refractivity contribution in [1.82, 2.24) is 0 Å². The highest BCUT2D eigenvalue weighted by molar-refractivity contribution is 7.98. The van der Waals surface area contributed by atoms with Gasteiger partial charge < -0.3 is 47.4 Å². The first-order chi connectivity index (χ1) is 69.6. The molecule has 142 heavy (non-hydrogen) atoms. The molecule has 754 valence electrons. The summed E-state index contributed by atoms with van der Waals surface area (Å²) in [6, 6.07) is 64.8. The second-order valence-corrected chi connectivity index (χ2v) is 56.8. The van der Waals surface area contributed by atoms with Crippen molar-refractivity contribution in [2.45, 2.75) is 305 Å². The zero-order valence-corrected chi connectivity index (χ0v) is 88.9. The van der Waals surface area contributed by atoms with Crippen molar-refractivity contribution in [1.29, 1.82) is 0 Å². The molecule has 19 fully saturated rings. The van der Waals surface area contributed by atoms with Crippen LogP contribution in [0.1, 0.15) is 252 Å². The third-order valence-corrected chi connectivity index (χ3v) is 49.0. The molecule has 0 spiro atoms. The van der Waals surface area contributed by atoms with Crippen LogP contribution in [0.3, 0.4) is 0 Å². The van der Waals surface area contributed by atoms with E-state index in [2.05, 4.69) is 178 Å². The molecule has 0 amide bonds.